The molecule has 6 heteroatoms. The minimum Gasteiger partial charge on any atom is -0.270 e. The molecule has 2 aliphatic heterocycles. The van der Waals surface area contributed by atoms with Crippen LogP contribution >= 0.6 is 0 Å². The molecular weight excluding hydrogens is 548 g/mol. The van der Waals surface area contributed by atoms with Crippen molar-refractivity contribution in [1.29, 1.82) is 0 Å². The number of hydrogen-bond acceptors (Lipinski definition) is 4. The molecule has 0 unspecified atom stereocenters. The first-order valence-corrected chi connectivity index (χ1v) is 14.5. The summed E-state index contributed by atoms with van der Waals surface area (Å²) < 4.78 is 0. The molecule has 0 bridgehead atoms. The molecule has 0 aromatic heterocycles. The van der Waals surface area contributed by atoms with E-state index in [0.29, 0.717) is 33.0 Å². The molecule has 0 fully saturated rings. The third-order valence-corrected chi connectivity index (χ3v) is 9.17. The van der Waals surface area contributed by atoms with E-state index in [1.165, 1.54) is 9.80 Å². The standard InChI is InChI=1S/C38H22N2O4/c41-35-27-15-11-23-25-13-17-29-34-30(38(44)40(37(29)43)20-22-9-5-2-6-10-22)18-14-26(32(25)34)24-12-16-28(33(27)31(23)24)36(42)39(35)19-21-7-3-1-4-8-21/h1-18H,19-20H2. The van der Waals surface area contributed by atoms with Crippen molar-refractivity contribution in [3.8, 4) is 0 Å². The molecule has 0 aliphatic carbocycles. The zero-order valence-electron chi connectivity index (χ0n) is 23.3. The zero-order valence-corrected chi connectivity index (χ0v) is 23.3. The van der Waals surface area contributed by atoms with Gasteiger partial charge in [-0.3, -0.25) is 29.0 Å². The third kappa shape index (κ3) is 3.19. The maximum Gasteiger partial charge on any atom is 0.261 e. The van der Waals surface area contributed by atoms with Gasteiger partial charge in [0.05, 0.1) is 13.1 Å². The van der Waals surface area contributed by atoms with Crippen molar-refractivity contribution in [2.24, 2.45) is 0 Å². The molecule has 6 nitrogen and oxygen atoms in total. The summed E-state index contributed by atoms with van der Waals surface area (Å²) in [5, 5.41) is 6.49. The predicted molar refractivity (Wildman–Crippen MR) is 169 cm³/mol. The Morgan fingerprint density at radius 1 is 0.341 bits per heavy atom. The highest BCUT2D eigenvalue weighted by Gasteiger charge is 2.36. The number of benzene rings is 7. The highest BCUT2D eigenvalue weighted by atomic mass is 16.2. The minimum absolute atomic E-state index is 0.194. The Balaban J connectivity index is 1.26. The molecule has 0 spiro atoms. The number of rotatable bonds is 4. The molecule has 208 valence electrons. The molecule has 0 saturated heterocycles. The Bertz CT molecular complexity index is 2120. The van der Waals surface area contributed by atoms with Gasteiger partial charge in [0.15, 0.2) is 0 Å². The summed E-state index contributed by atoms with van der Waals surface area (Å²) in [5.74, 6) is -1.27. The van der Waals surface area contributed by atoms with Crippen LogP contribution in [-0.2, 0) is 13.1 Å². The highest BCUT2D eigenvalue weighted by molar-refractivity contribution is 6.41. The minimum atomic E-state index is -0.319. The zero-order chi connectivity index (χ0) is 29.7. The van der Waals surface area contributed by atoms with Crippen molar-refractivity contribution >= 4 is 66.7 Å². The van der Waals surface area contributed by atoms with Crippen LogP contribution in [0.1, 0.15) is 52.6 Å². The van der Waals surface area contributed by atoms with Crippen molar-refractivity contribution in [2.45, 2.75) is 13.1 Å². The van der Waals surface area contributed by atoms with Crippen LogP contribution in [0.3, 0.4) is 0 Å². The van der Waals surface area contributed by atoms with Crippen LogP contribution in [0, 0.1) is 0 Å². The van der Waals surface area contributed by atoms with Gasteiger partial charge in [-0.15, -0.1) is 0 Å². The maximum atomic E-state index is 13.8. The molecule has 44 heavy (non-hydrogen) atoms. The van der Waals surface area contributed by atoms with Gasteiger partial charge in [-0.1, -0.05) is 84.9 Å². The first kappa shape index (κ1) is 24.7. The second kappa shape index (κ2) is 8.82. The molecule has 2 heterocycles. The molecule has 0 atom stereocenters. The second-order valence-electron chi connectivity index (χ2n) is 11.5. The quantitative estimate of drug-likeness (QED) is 0.126. The Hall–Kier alpha value is -5.88. The van der Waals surface area contributed by atoms with E-state index in [2.05, 4.69) is 0 Å². The van der Waals surface area contributed by atoms with Gasteiger partial charge in [0.1, 0.15) is 0 Å². The van der Waals surface area contributed by atoms with Gasteiger partial charge in [0, 0.05) is 33.0 Å². The van der Waals surface area contributed by atoms with Gasteiger partial charge in [0.25, 0.3) is 23.6 Å². The molecular formula is C38H22N2O4. The topological polar surface area (TPSA) is 74.8 Å². The SMILES string of the molecule is O=C1c2ccc3c4ccc5c6c(ccc(c7ccc(c2c37)C(=O)N1Cc1ccccc1)c64)C(=O)N(Cc1ccccc1)C5=O. The largest absolute Gasteiger partial charge is 0.270 e. The van der Waals surface area contributed by atoms with E-state index in [0.717, 1.165) is 43.4 Å². The van der Waals surface area contributed by atoms with Crippen LogP contribution in [0.2, 0.25) is 0 Å². The van der Waals surface area contributed by atoms with Crippen LogP contribution in [0.5, 0.6) is 0 Å². The summed E-state index contributed by atoms with van der Waals surface area (Å²) in [4.78, 5) is 57.7. The third-order valence-electron chi connectivity index (χ3n) is 9.17. The van der Waals surface area contributed by atoms with E-state index < -0.39 is 0 Å². The summed E-state index contributed by atoms with van der Waals surface area (Å²) in [7, 11) is 0. The van der Waals surface area contributed by atoms with Crippen LogP contribution in [0.15, 0.2) is 109 Å². The second-order valence-corrected chi connectivity index (χ2v) is 11.5. The van der Waals surface area contributed by atoms with Crippen LogP contribution in [-0.4, -0.2) is 33.4 Å². The van der Waals surface area contributed by atoms with E-state index in [1.807, 2.05) is 84.9 Å². The van der Waals surface area contributed by atoms with Crippen LogP contribution in [0.4, 0.5) is 0 Å². The van der Waals surface area contributed by atoms with Gasteiger partial charge in [-0.2, -0.15) is 0 Å². The lowest BCUT2D eigenvalue weighted by molar-refractivity contribution is 0.0583. The monoisotopic (exact) mass is 570 g/mol. The van der Waals surface area contributed by atoms with Crippen LogP contribution in [0.25, 0.3) is 43.1 Å². The van der Waals surface area contributed by atoms with Crippen LogP contribution < -0.4 is 0 Å². The molecule has 4 amide bonds. The lowest BCUT2D eigenvalue weighted by atomic mass is 9.82. The summed E-state index contributed by atoms with van der Waals surface area (Å²) >= 11 is 0. The van der Waals surface area contributed by atoms with Crippen molar-refractivity contribution in [3.63, 3.8) is 0 Å². The summed E-state index contributed by atoms with van der Waals surface area (Å²) in [6.45, 7) is 0.389. The van der Waals surface area contributed by atoms with Crippen molar-refractivity contribution in [3.05, 3.63) is 143 Å². The number of carbonyl (C=O) groups is 4. The fourth-order valence-electron chi connectivity index (χ4n) is 7.19. The van der Waals surface area contributed by atoms with E-state index in [1.54, 1.807) is 24.3 Å². The van der Waals surface area contributed by atoms with E-state index in [-0.39, 0.29) is 36.7 Å². The first-order chi connectivity index (χ1) is 21.5. The predicted octanol–water partition coefficient (Wildman–Crippen LogP) is 7.33. The number of hydrogen-bond donors (Lipinski definition) is 0. The molecule has 7 aromatic rings. The van der Waals surface area contributed by atoms with Crippen molar-refractivity contribution in [2.75, 3.05) is 0 Å². The van der Waals surface area contributed by atoms with Gasteiger partial charge in [-0.05, 0) is 67.7 Å². The number of amides is 4. The molecule has 2 aliphatic rings. The van der Waals surface area contributed by atoms with Gasteiger partial charge in [-0.25, -0.2) is 0 Å². The van der Waals surface area contributed by atoms with E-state index in [4.69, 9.17) is 0 Å². The number of carbonyl (C=O) groups excluding carboxylic acids is 4. The molecule has 0 N–H and O–H groups in total. The average molecular weight is 571 g/mol. The number of fused-ring (bicyclic) bond motifs is 2. The smallest absolute Gasteiger partial charge is 0.261 e. The van der Waals surface area contributed by atoms with E-state index in [9.17, 15) is 19.2 Å². The van der Waals surface area contributed by atoms with Crippen molar-refractivity contribution < 1.29 is 19.2 Å². The normalized spacial score (nSPS) is 14.6. The summed E-state index contributed by atoms with van der Waals surface area (Å²) in [6, 6.07) is 33.9. The first-order valence-electron chi connectivity index (χ1n) is 14.5. The lowest BCUT2D eigenvalue weighted by Crippen LogP contribution is -2.40. The molecule has 7 aromatic carbocycles. The molecule has 0 radical (unpaired) electrons. The molecule has 9 rings (SSSR count). The Kier molecular flexibility index (Phi) is 4.95. The Morgan fingerprint density at radius 3 is 0.932 bits per heavy atom. The lowest BCUT2D eigenvalue weighted by Gasteiger charge is -2.30. The summed E-state index contributed by atoms with van der Waals surface area (Å²) in [6.07, 6.45) is 0. The van der Waals surface area contributed by atoms with Gasteiger partial charge < -0.3 is 0 Å². The fourth-order valence-corrected chi connectivity index (χ4v) is 7.19. The number of nitrogens with zero attached hydrogens (tertiary/aromatic N) is 2. The molecule has 0 saturated carbocycles. The highest BCUT2D eigenvalue weighted by Crippen LogP contribution is 2.46. The summed E-state index contributed by atoms with van der Waals surface area (Å²) in [5.41, 5.74) is 3.73. The Labute approximate surface area is 251 Å². The number of imide groups is 2. The van der Waals surface area contributed by atoms with Gasteiger partial charge >= 0.3 is 0 Å². The van der Waals surface area contributed by atoms with E-state index >= 15 is 0 Å². The average Bonchev–Trinajstić information content (AvgIpc) is 3.06. The fraction of sp³-hybridized carbons (Fsp3) is 0.0526. The Morgan fingerprint density at radius 2 is 0.636 bits per heavy atom. The van der Waals surface area contributed by atoms with Gasteiger partial charge in [0.2, 0.25) is 0 Å². The maximum absolute atomic E-state index is 13.8. The van der Waals surface area contributed by atoms with Crippen molar-refractivity contribution in [1.82, 2.24) is 9.80 Å².